The second-order valence-electron chi connectivity index (χ2n) is 9.76. The van der Waals surface area contributed by atoms with Crippen LogP contribution >= 0.6 is 11.3 Å². The minimum atomic E-state index is -0.763. The van der Waals surface area contributed by atoms with Crippen molar-refractivity contribution in [3.63, 3.8) is 0 Å². The summed E-state index contributed by atoms with van der Waals surface area (Å²) in [7, 11) is 0. The van der Waals surface area contributed by atoms with Crippen LogP contribution < -0.4 is 29.3 Å². The van der Waals surface area contributed by atoms with Gasteiger partial charge in [-0.2, -0.15) is 0 Å². The fourth-order valence-electron chi connectivity index (χ4n) is 5.17. The lowest BCUT2D eigenvalue weighted by molar-refractivity contribution is -0.139. The fourth-order valence-corrected chi connectivity index (χ4v) is 6.20. The summed E-state index contributed by atoms with van der Waals surface area (Å²) in [6.07, 6.45) is 6.92. The van der Waals surface area contributed by atoms with Crippen LogP contribution in [0.1, 0.15) is 57.4 Å². The average molecular weight is 578 g/mol. The van der Waals surface area contributed by atoms with Crippen molar-refractivity contribution < 1.29 is 23.4 Å². The van der Waals surface area contributed by atoms with E-state index in [0.29, 0.717) is 56.6 Å². The van der Waals surface area contributed by atoms with Gasteiger partial charge in [0.05, 0.1) is 35.1 Å². The number of piperidine rings is 1. The molecule has 9 nitrogen and oxygen atoms in total. The Labute approximate surface area is 242 Å². The molecule has 0 bridgehead atoms. The molecule has 2 aromatic heterocycles. The van der Waals surface area contributed by atoms with Crippen molar-refractivity contribution in [3.8, 4) is 11.5 Å². The molecule has 1 atom stereocenters. The van der Waals surface area contributed by atoms with Crippen LogP contribution in [0.15, 0.2) is 68.5 Å². The summed E-state index contributed by atoms with van der Waals surface area (Å²) in [4.78, 5) is 34.6. The van der Waals surface area contributed by atoms with E-state index in [1.165, 1.54) is 17.8 Å². The van der Waals surface area contributed by atoms with E-state index in [1.54, 1.807) is 42.7 Å². The van der Waals surface area contributed by atoms with Crippen molar-refractivity contribution in [2.75, 3.05) is 37.8 Å². The molecule has 3 aromatic rings. The molecule has 1 saturated heterocycles. The summed E-state index contributed by atoms with van der Waals surface area (Å²) in [6, 6.07) is 8.48. The quantitative estimate of drug-likeness (QED) is 0.261. The Morgan fingerprint density at radius 3 is 2.66 bits per heavy atom. The van der Waals surface area contributed by atoms with Crippen LogP contribution in [-0.4, -0.2) is 43.4 Å². The summed E-state index contributed by atoms with van der Waals surface area (Å²) < 4.78 is 25.2. The van der Waals surface area contributed by atoms with Gasteiger partial charge in [-0.25, -0.2) is 9.79 Å². The van der Waals surface area contributed by atoms with Gasteiger partial charge in [-0.05, 0) is 63.8 Å². The SMILES string of the molecule is C=CCOc1ccc([C@H]2C(C(=O)OCC)=C(C)N=c3sc(=Cc4ccc(N5CCCCC5)o4)c(=O)n32)cc1OCC. The van der Waals surface area contributed by atoms with Gasteiger partial charge >= 0.3 is 5.97 Å². The molecule has 2 aliphatic rings. The number of rotatable bonds is 10. The topological polar surface area (TPSA) is 95.5 Å². The zero-order valence-electron chi connectivity index (χ0n) is 23.7. The molecule has 0 saturated carbocycles. The largest absolute Gasteiger partial charge is 0.490 e. The molecular weight excluding hydrogens is 542 g/mol. The Morgan fingerprint density at radius 1 is 1.12 bits per heavy atom. The maximum Gasteiger partial charge on any atom is 0.338 e. The Morgan fingerprint density at radius 2 is 1.93 bits per heavy atom. The fraction of sp³-hybridized carbons (Fsp3) is 0.387. The summed E-state index contributed by atoms with van der Waals surface area (Å²) in [5, 5.41) is 0. The highest BCUT2D eigenvalue weighted by Crippen LogP contribution is 2.36. The third-order valence-electron chi connectivity index (χ3n) is 7.01. The standard InChI is InChI=1S/C31H35N3O6S/c1-5-17-39-23-13-11-21(18-24(23)37-6-2)28-27(30(36)38-7-3)20(4)32-31-34(28)29(35)25(41-31)19-22-12-14-26(40-22)33-15-9-8-10-16-33/h5,11-14,18-19,28H,1,6-10,15-17H2,2-4H3/t28-/m0/s1. The van der Waals surface area contributed by atoms with E-state index in [0.717, 1.165) is 31.8 Å². The number of benzene rings is 1. The molecule has 10 heteroatoms. The van der Waals surface area contributed by atoms with Gasteiger partial charge in [0, 0.05) is 25.2 Å². The van der Waals surface area contributed by atoms with Gasteiger partial charge in [0.2, 0.25) is 0 Å². The van der Waals surface area contributed by atoms with Crippen LogP contribution in [-0.2, 0) is 9.53 Å². The van der Waals surface area contributed by atoms with E-state index in [4.69, 9.17) is 18.6 Å². The number of hydrogen-bond donors (Lipinski definition) is 0. The number of furan rings is 1. The molecule has 0 radical (unpaired) electrons. The number of aromatic nitrogens is 1. The summed E-state index contributed by atoms with van der Waals surface area (Å²) in [5.41, 5.74) is 1.21. The van der Waals surface area contributed by atoms with Crippen molar-refractivity contribution in [1.82, 2.24) is 4.57 Å². The number of esters is 1. The maximum absolute atomic E-state index is 14.0. The molecule has 1 aromatic carbocycles. The van der Waals surface area contributed by atoms with Gasteiger partial charge < -0.3 is 23.5 Å². The first-order valence-corrected chi connectivity index (χ1v) is 14.8. The Kier molecular flexibility index (Phi) is 8.78. The number of ether oxygens (including phenoxy) is 3. The van der Waals surface area contributed by atoms with Gasteiger partial charge in [0.25, 0.3) is 5.56 Å². The van der Waals surface area contributed by atoms with Crippen molar-refractivity contribution in [3.05, 3.63) is 85.3 Å². The Hall–Kier alpha value is -4.05. The first-order chi connectivity index (χ1) is 19.9. The molecule has 4 heterocycles. The average Bonchev–Trinajstić information content (AvgIpc) is 3.56. The number of fused-ring (bicyclic) bond motifs is 1. The molecule has 2 aliphatic heterocycles. The number of anilines is 1. The number of nitrogens with zero attached hydrogens (tertiary/aromatic N) is 3. The second kappa shape index (κ2) is 12.6. The highest BCUT2D eigenvalue weighted by atomic mass is 32.1. The maximum atomic E-state index is 14.0. The molecule has 41 heavy (non-hydrogen) atoms. The van der Waals surface area contributed by atoms with E-state index in [-0.39, 0.29) is 12.2 Å². The third-order valence-corrected chi connectivity index (χ3v) is 7.99. The Bertz CT molecular complexity index is 1640. The molecule has 0 aliphatic carbocycles. The van der Waals surface area contributed by atoms with Crippen LogP contribution in [0.2, 0.25) is 0 Å². The monoisotopic (exact) mass is 577 g/mol. The zero-order chi connectivity index (χ0) is 28.9. The van der Waals surface area contributed by atoms with E-state index < -0.39 is 12.0 Å². The molecule has 1 fully saturated rings. The summed E-state index contributed by atoms with van der Waals surface area (Å²) in [5.74, 6) is 1.94. The van der Waals surface area contributed by atoms with Crippen molar-refractivity contribution in [2.24, 2.45) is 4.99 Å². The second-order valence-corrected chi connectivity index (χ2v) is 10.8. The number of thiazole rings is 1. The van der Waals surface area contributed by atoms with E-state index in [1.807, 2.05) is 25.1 Å². The first-order valence-electron chi connectivity index (χ1n) is 14.0. The first kappa shape index (κ1) is 28.5. The van der Waals surface area contributed by atoms with Crippen LogP contribution in [0.5, 0.6) is 11.5 Å². The third kappa shape index (κ3) is 5.88. The molecule has 5 rings (SSSR count). The minimum Gasteiger partial charge on any atom is -0.490 e. The van der Waals surface area contributed by atoms with E-state index in [2.05, 4.69) is 16.5 Å². The molecular formula is C31H35N3O6S. The van der Waals surface area contributed by atoms with Gasteiger partial charge in [0.1, 0.15) is 12.4 Å². The number of carbonyl (C=O) groups is 1. The highest BCUT2D eigenvalue weighted by molar-refractivity contribution is 7.07. The van der Waals surface area contributed by atoms with Crippen LogP contribution in [0.3, 0.4) is 0 Å². The van der Waals surface area contributed by atoms with Gasteiger partial charge in [-0.3, -0.25) is 9.36 Å². The van der Waals surface area contributed by atoms with Crippen molar-refractivity contribution in [2.45, 2.75) is 46.1 Å². The number of carbonyl (C=O) groups excluding carboxylic acids is 1. The normalized spacial score (nSPS) is 17.2. The predicted octanol–water partition coefficient (Wildman–Crippen LogP) is 4.35. The van der Waals surface area contributed by atoms with Crippen LogP contribution in [0.25, 0.3) is 6.08 Å². The summed E-state index contributed by atoms with van der Waals surface area (Å²) >= 11 is 1.26. The van der Waals surface area contributed by atoms with Gasteiger partial charge in [-0.15, -0.1) is 0 Å². The molecule has 216 valence electrons. The molecule has 0 amide bonds. The minimum absolute atomic E-state index is 0.198. The molecule has 0 N–H and O–H groups in total. The van der Waals surface area contributed by atoms with E-state index >= 15 is 0 Å². The lowest BCUT2D eigenvalue weighted by atomic mass is 9.95. The Balaban J connectivity index is 1.61. The predicted molar refractivity (Wildman–Crippen MR) is 158 cm³/mol. The number of allylic oxidation sites excluding steroid dienone is 1. The number of hydrogen-bond acceptors (Lipinski definition) is 9. The highest BCUT2D eigenvalue weighted by Gasteiger charge is 2.34. The van der Waals surface area contributed by atoms with Crippen molar-refractivity contribution in [1.29, 1.82) is 0 Å². The zero-order valence-corrected chi connectivity index (χ0v) is 24.5. The summed E-state index contributed by atoms with van der Waals surface area (Å²) in [6.45, 7) is 12.0. The van der Waals surface area contributed by atoms with E-state index in [9.17, 15) is 9.59 Å². The molecule has 0 spiro atoms. The lowest BCUT2D eigenvalue weighted by Crippen LogP contribution is -2.40. The van der Waals surface area contributed by atoms with Crippen LogP contribution in [0, 0.1) is 0 Å². The van der Waals surface area contributed by atoms with Crippen molar-refractivity contribution >= 4 is 29.3 Å². The molecule has 0 unspecified atom stereocenters. The lowest BCUT2D eigenvalue weighted by Gasteiger charge is -2.25. The van der Waals surface area contributed by atoms with Gasteiger partial charge in [-0.1, -0.05) is 30.1 Å². The van der Waals surface area contributed by atoms with Gasteiger partial charge in [0.15, 0.2) is 22.2 Å². The van der Waals surface area contributed by atoms with Crippen LogP contribution in [0.4, 0.5) is 5.88 Å². The smallest absolute Gasteiger partial charge is 0.338 e.